The number of nitrogens with zero attached hydrogens (tertiary/aromatic N) is 2. The third kappa shape index (κ3) is 5.61. The molecule has 0 bridgehead atoms. The predicted molar refractivity (Wildman–Crippen MR) is 124 cm³/mol. The van der Waals surface area contributed by atoms with Crippen LogP contribution in [0, 0.1) is 5.92 Å². The van der Waals surface area contributed by atoms with E-state index in [-0.39, 0.29) is 11.7 Å². The lowest BCUT2D eigenvalue weighted by Gasteiger charge is -2.31. The summed E-state index contributed by atoms with van der Waals surface area (Å²) in [5.41, 5.74) is 1.44. The molecular weight excluding hydrogens is 434 g/mol. The van der Waals surface area contributed by atoms with E-state index >= 15 is 0 Å². The number of aromatic nitrogens is 1. The molecule has 1 amide bonds. The highest BCUT2D eigenvalue weighted by atomic mass is 35.5. The zero-order valence-electron chi connectivity index (χ0n) is 17.1. The van der Waals surface area contributed by atoms with Gasteiger partial charge in [0.2, 0.25) is 0 Å². The molecule has 0 atom stereocenters. The van der Waals surface area contributed by atoms with Gasteiger partial charge in [0.05, 0.1) is 23.2 Å². The van der Waals surface area contributed by atoms with Crippen LogP contribution in [0.4, 0.5) is 10.5 Å². The number of carbonyl (C=O) groups excluding carboxylic acids is 2. The Labute approximate surface area is 190 Å². The predicted octanol–water partition coefficient (Wildman–Crippen LogP) is 5.48. The van der Waals surface area contributed by atoms with Crippen molar-refractivity contribution in [1.29, 1.82) is 0 Å². The summed E-state index contributed by atoms with van der Waals surface area (Å²) in [5.74, 6) is 0.265. The van der Waals surface area contributed by atoms with Crippen LogP contribution in [0.15, 0.2) is 48.7 Å². The average Bonchev–Trinajstić information content (AvgIpc) is 3.27. The van der Waals surface area contributed by atoms with Gasteiger partial charge in [-0.05, 0) is 80.3 Å². The number of anilines is 1. The van der Waals surface area contributed by atoms with Crippen LogP contribution in [-0.4, -0.2) is 47.4 Å². The van der Waals surface area contributed by atoms with Gasteiger partial charge in [-0.1, -0.05) is 17.7 Å². The molecule has 0 spiro atoms. The van der Waals surface area contributed by atoms with Crippen molar-refractivity contribution in [3.63, 3.8) is 0 Å². The SMILES string of the molecule is O=C(Nc1cccc2sncc12)OCCCN1CCC(C(=O)c2ccc(Cl)cc2)CC1. The minimum absolute atomic E-state index is 0.0637. The van der Waals surface area contributed by atoms with Gasteiger partial charge < -0.3 is 9.64 Å². The van der Waals surface area contributed by atoms with E-state index in [1.165, 1.54) is 11.5 Å². The lowest BCUT2D eigenvalue weighted by molar-refractivity contribution is 0.0830. The third-order valence-electron chi connectivity index (χ3n) is 5.57. The number of rotatable bonds is 7. The molecule has 162 valence electrons. The van der Waals surface area contributed by atoms with Crippen molar-refractivity contribution >= 4 is 50.8 Å². The lowest BCUT2D eigenvalue weighted by Crippen LogP contribution is -2.37. The molecule has 6 nitrogen and oxygen atoms in total. The summed E-state index contributed by atoms with van der Waals surface area (Å²) in [6.07, 6.45) is 3.75. The number of nitrogens with one attached hydrogen (secondary N) is 1. The van der Waals surface area contributed by atoms with Gasteiger partial charge in [-0.25, -0.2) is 4.79 Å². The highest BCUT2D eigenvalue weighted by Gasteiger charge is 2.25. The summed E-state index contributed by atoms with van der Waals surface area (Å²) >= 11 is 7.30. The Bertz CT molecular complexity index is 1050. The first-order chi connectivity index (χ1) is 15.1. The summed E-state index contributed by atoms with van der Waals surface area (Å²) in [6.45, 7) is 2.96. The van der Waals surface area contributed by atoms with Gasteiger partial charge in [0, 0.05) is 28.4 Å². The van der Waals surface area contributed by atoms with Crippen LogP contribution in [-0.2, 0) is 4.74 Å². The second-order valence-electron chi connectivity index (χ2n) is 7.64. The summed E-state index contributed by atoms with van der Waals surface area (Å²) in [4.78, 5) is 27.1. The molecule has 1 aliphatic heterocycles. The largest absolute Gasteiger partial charge is 0.449 e. The van der Waals surface area contributed by atoms with Crippen LogP contribution in [0.3, 0.4) is 0 Å². The van der Waals surface area contributed by atoms with E-state index in [4.69, 9.17) is 16.3 Å². The van der Waals surface area contributed by atoms with Gasteiger partial charge in [0.25, 0.3) is 0 Å². The number of hydrogen-bond acceptors (Lipinski definition) is 6. The van der Waals surface area contributed by atoms with Crippen molar-refractivity contribution < 1.29 is 14.3 Å². The second-order valence-corrected chi connectivity index (χ2v) is 8.91. The molecule has 0 saturated carbocycles. The molecule has 1 aromatic heterocycles. The van der Waals surface area contributed by atoms with Crippen LogP contribution in [0.25, 0.3) is 10.1 Å². The smallest absolute Gasteiger partial charge is 0.411 e. The Morgan fingerprint density at radius 1 is 1.16 bits per heavy atom. The molecule has 31 heavy (non-hydrogen) atoms. The molecule has 0 aliphatic carbocycles. The van der Waals surface area contributed by atoms with Gasteiger partial charge in [0.1, 0.15) is 0 Å². The van der Waals surface area contributed by atoms with E-state index in [9.17, 15) is 9.59 Å². The van der Waals surface area contributed by atoms with E-state index < -0.39 is 6.09 Å². The lowest BCUT2D eigenvalue weighted by atomic mass is 9.89. The first-order valence-electron chi connectivity index (χ1n) is 10.4. The molecule has 8 heteroatoms. The first-order valence-corrected chi connectivity index (χ1v) is 11.5. The molecule has 0 unspecified atom stereocenters. The Morgan fingerprint density at radius 2 is 1.94 bits per heavy atom. The molecule has 1 N–H and O–H groups in total. The van der Waals surface area contributed by atoms with Crippen LogP contribution in [0.5, 0.6) is 0 Å². The van der Waals surface area contributed by atoms with Gasteiger partial charge in [0.15, 0.2) is 5.78 Å². The van der Waals surface area contributed by atoms with Crippen molar-refractivity contribution in [3.8, 4) is 0 Å². The molecule has 2 heterocycles. The molecule has 1 saturated heterocycles. The Kier molecular flexibility index (Phi) is 7.17. The Hall–Kier alpha value is -2.48. The topological polar surface area (TPSA) is 71.5 Å². The number of amides is 1. The van der Waals surface area contributed by atoms with Gasteiger partial charge in [-0.2, -0.15) is 4.37 Å². The average molecular weight is 458 g/mol. The van der Waals surface area contributed by atoms with E-state index in [1.54, 1.807) is 30.5 Å². The van der Waals surface area contributed by atoms with Gasteiger partial charge in [-0.15, -0.1) is 0 Å². The fourth-order valence-electron chi connectivity index (χ4n) is 3.87. The second kappa shape index (κ2) is 10.2. The maximum absolute atomic E-state index is 12.6. The fourth-order valence-corrected chi connectivity index (χ4v) is 4.67. The van der Waals surface area contributed by atoms with Crippen LogP contribution >= 0.6 is 23.1 Å². The van der Waals surface area contributed by atoms with Gasteiger partial charge >= 0.3 is 6.09 Å². The molecule has 4 rings (SSSR count). The fraction of sp³-hybridized carbons (Fsp3) is 0.348. The summed E-state index contributed by atoms with van der Waals surface area (Å²) < 4.78 is 10.5. The number of Topliss-reactive ketones (excluding diaryl/α,β-unsaturated/α-hetero) is 1. The summed E-state index contributed by atoms with van der Waals surface area (Å²) in [7, 11) is 0. The number of ketones is 1. The van der Waals surface area contributed by atoms with Crippen LogP contribution in [0.1, 0.15) is 29.6 Å². The first kappa shape index (κ1) is 21.7. The molecule has 0 radical (unpaired) electrons. The number of benzene rings is 2. The molecule has 3 aromatic rings. The van der Waals surface area contributed by atoms with Crippen molar-refractivity contribution in [2.45, 2.75) is 19.3 Å². The van der Waals surface area contributed by atoms with E-state index in [0.717, 1.165) is 54.5 Å². The number of hydrogen-bond donors (Lipinski definition) is 1. The molecule has 1 aliphatic rings. The molecular formula is C23H24ClN3O3S. The number of halogens is 1. The van der Waals surface area contributed by atoms with Crippen molar-refractivity contribution in [2.75, 3.05) is 31.6 Å². The number of likely N-dealkylation sites (tertiary alicyclic amines) is 1. The highest BCUT2D eigenvalue weighted by molar-refractivity contribution is 7.13. The Balaban J connectivity index is 1.15. The monoisotopic (exact) mass is 457 g/mol. The highest BCUT2D eigenvalue weighted by Crippen LogP contribution is 2.26. The van der Waals surface area contributed by atoms with E-state index in [1.807, 2.05) is 18.2 Å². The van der Waals surface area contributed by atoms with E-state index in [2.05, 4.69) is 14.6 Å². The number of ether oxygens (including phenoxy) is 1. The number of fused-ring (bicyclic) bond motifs is 1. The van der Waals surface area contributed by atoms with Crippen molar-refractivity contribution in [2.24, 2.45) is 5.92 Å². The van der Waals surface area contributed by atoms with E-state index in [0.29, 0.717) is 17.3 Å². The van der Waals surface area contributed by atoms with Crippen LogP contribution in [0.2, 0.25) is 5.02 Å². The molecule has 2 aromatic carbocycles. The standard InChI is InChI=1S/C23H24ClN3O3S/c24-18-7-5-16(6-8-18)22(28)17-9-12-27(13-10-17)11-2-14-30-23(29)26-20-3-1-4-21-19(20)15-25-31-21/h1,3-8,15,17H,2,9-14H2,(H,26,29). The summed E-state index contributed by atoms with van der Waals surface area (Å²) in [6, 6.07) is 12.8. The summed E-state index contributed by atoms with van der Waals surface area (Å²) in [5, 5.41) is 4.35. The van der Waals surface area contributed by atoms with Crippen molar-refractivity contribution in [1.82, 2.24) is 9.27 Å². The zero-order chi connectivity index (χ0) is 21.6. The normalized spacial score (nSPS) is 15.1. The zero-order valence-corrected chi connectivity index (χ0v) is 18.6. The van der Waals surface area contributed by atoms with Crippen molar-refractivity contribution in [3.05, 3.63) is 59.2 Å². The third-order valence-corrected chi connectivity index (χ3v) is 6.59. The van der Waals surface area contributed by atoms with Crippen LogP contribution < -0.4 is 5.32 Å². The quantitative estimate of drug-likeness (QED) is 0.375. The number of carbonyl (C=O) groups is 2. The Morgan fingerprint density at radius 3 is 2.71 bits per heavy atom. The van der Waals surface area contributed by atoms with Gasteiger partial charge in [-0.3, -0.25) is 10.1 Å². The minimum Gasteiger partial charge on any atom is -0.449 e. The maximum Gasteiger partial charge on any atom is 0.411 e. The number of piperidine rings is 1. The minimum atomic E-state index is -0.453. The maximum atomic E-state index is 12.6. The molecule has 1 fully saturated rings.